The van der Waals surface area contributed by atoms with Crippen molar-refractivity contribution in [1.29, 1.82) is 0 Å². The maximum atomic E-state index is 13.3. The Morgan fingerprint density at radius 3 is 2.46 bits per heavy atom. The second kappa shape index (κ2) is 10.7. The molecule has 1 amide bonds. The minimum atomic E-state index is -0.367. The number of amides is 1. The van der Waals surface area contributed by atoms with Crippen LogP contribution in [-0.4, -0.2) is 50.9 Å². The van der Waals surface area contributed by atoms with Crippen LogP contribution in [0.5, 0.6) is 23.0 Å². The molecule has 4 rings (SSSR count). The molecule has 0 bridgehead atoms. The highest BCUT2D eigenvalue weighted by Gasteiger charge is 2.34. The summed E-state index contributed by atoms with van der Waals surface area (Å²) >= 11 is 0. The van der Waals surface area contributed by atoms with E-state index < -0.39 is 0 Å². The fourth-order valence-corrected chi connectivity index (χ4v) is 3.93. The smallest absolute Gasteiger partial charge is 0.281 e. The van der Waals surface area contributed by atoms with Crippen LogP contribution in [0.4, 0.5) is 0 Å². The van der Waals surface area contributed by atoms with Crippen LogP contribution in [0.3, 0.4) is 0 Å². The lowest BCUT2D eigenvalue weighted by atomic mass is 9.98. The van der Waals surface area contributed by atoms with Gasteiger partial charge in [-0.05, 0) is 42.0 Å². The Morgan fingerprint density at radius 1 is 0.943 bits per heavy atom. The second-order valence-electron chi connectivity index (χ2n) is 7.83. The Morgan fingerprint density at radius 2 is 1.71 bits per heavy atom. The van der Waals surface area contributed by atoms with Crippen LogP contribution in [0.1, 0.15) is 33.9 Å². The van der Waals surface area contributed by atoms with E-state index in [9.17, 15) is 9.59 Å². The van der Waals surface area contributed by atoms with Crippen LogP contribution in [0, 0.1) is 0 Å². The number of carbonyl (C=O) groups excluding carboxylic acids is 2. The molecule has 8 heteroatoms. The van der Waals surface area contributed by atoms with Crippen LogP contribution < -0.4 is 18.9 Å². The maximum absolute atomic E-state index is 13.3. The van der Waals surface area contributed by atoms with E-state index in [1.807, 2.05) is 42.5 Å². The van der Waals surface area contributed by atoms with E-state index in [0.29, 0.717) is 35.0 Å². The Bertz CT molecular complexity index is 1260. The second-order valence-corrected chi connectivity index (χ2v) is 7.83. The van der Waals surface area contributed by atoms with Crippen molar-refractivity contribution < 1.29 is 28.5 Å². The van der Waals surface area contributed by atoms with Crippen LogP contribution in [0.25, 0.3) is 0 Å². The number of carbonyl (C=O) groups is 2. The average Bonchev–Trinajstić information content (AvgIpc) is 3.37. The van der Waals surface area contributed by atoms with Gasteiger partial charge in [-0.3, -0.25) is 9.59 Å². The molecular weight excluding hydrogens is 448 g/mol. The summed E-state index contributed by atoms with van der Waals surface area (Å²) in [5.41, 5.74) is 2.93. The highest BCUT2D eigenvalue weighted by atomic mass is 16.5. The van der Waals surface area contributed by atoms with Crippen molar-refractivity contribution in [3.63, 3.8) is 0 Å². The van der Waals surface area contributed by atoms with E-state index in [0.717, 1.165) is 23.1 Å². The molecule has 8 nitrogen and oxygen atoms in total. The Balaban J connectivity index is 1.63. The Labute approximate surface area is 203 Å². The summed E-state index contributed by atoms with van der Waals surface area (Å²) in [5, 5.41) is 6.12. The van der Waals surface area contributed by atoms with Crippen LogP contribution >= 0.6 is 0 Å². The zero-order valence-electron chi connectivity index (χ0n) is 19.8. The largest absolute Gasteiger partial charge is 0.497 e. The monoisotopic (exact) mass is 474 g/mol. The molecule has 35 heavy (non-hydrogen) atoms. The third-order valence-electron chi connectivity index (χ3n) is 5.72. The van der Waals surface area contributed by atoms with E-state index in [-0.39, 0.29) is 18.6 Å². The summed E-state index contributed by atoms with van der Waals surface area (Å²) in [7, 11) is 4.75. The van der Waals surface area contributed by atoms with Gasteiger partial charge in [-0.15, -0.1) is 0 Å². The van der Waals surface area contributed by atoms with E-state index in [1.54, 1.807) is 45.6 Å². The van der Waals surface area contributed by atoms with Gasteiger partial charge in [0.25, 0.3) is 5.91 Å². The van der Waals surface area contributed by atoms with Crippen molar-refractivity contribution in [2.24, 2.45) is 5.10 Å². The van der Waals surface area contributed by atoms with Crippen molar-refractivity contribution in [1.82, 2.24) is 5.01 Å². The number of hydrogen-bond donors (Lipinski definition) is 0. The van der Waals surface area contributed by atoms with E-state index in [2.05, 4.69) is 5.10 Å². The van der Waals surface area contributed by atoms with Crippen molar-refractivity contribution in [3.8, 4) is 23.0 Å². The van der Waals surface area contributed by atoms with Gasteiger partial charge in [-0.25, -0.2) is 5.01 Å². The molecule has 0 radical (unpaired) electrons. The van der Waals surface area contributed by atoms with Gasteiger partial charge in [0.1, 0.15) is 17.8 Å². The molecule has 3 aromatic carbocycles. The van der Waals surface area contributed by atoms with E-state index in [4.69, 9.17) is 18.9 Å². The summed E-state index contributed by atoms with van der Waals surface area (Å²) in [4.78, 5) is 24.3. The van der Waals surface area contributed by atoms with Crippen LogP contribution in [0.15, 0.2) is 71.8 Å². The van der Waals surface area contributed by atoms with Gasteiger partial charge in [-0.2, -0.15) is 5.10 Å². The molecule has 0 N–H and O–H groups in total. The number of benzene rings is 3. The van der Waals surface area contributed by atoms with Gasteiger partial charge >= 0.3 is 0 Å². The number of aldehydes is 1. The predicted octanol–water partition coefficient (Wildman–Crippen LogP) is 4.28. The maximum Gasteiger partial charge on any atom is 0.281 e. The summed E-state index contributed by atoms with van der Waals surface area (Å²) in [6.07, 6.45) is 1.22. The SMILES string of the molecule is COc1cccc(C2=NN(C(=O)COc3cccc(C=O)c3)C(c3ccc(OC)c(OC)c3)C2)c1. The Kier molecular flexibility index (Phi) is 7.30. The van der Waals surface area contributed by atoms with Crippen LogP contribution in [-0.2, 0) is 4.79 Å². The quantitative estimate of drug-likeness (QED) is 0.430. The molecule has 1 unspecified atom stereocenters. The highest BCUT2D eigenvalue weighted by Crippen LogP contribution is 2.37. The molecule has 180 valence electrons. The lowest BCUT2D eigenvalue weighted by molar-refractivity contribution is -0.135. The van der Waals surface area contributed by atoms with Crippen molar-refractivity contribution in [2.45, 2.75) is 12.5 Å². The van der Waals surface area contributed by atoms with E-state index >= 15 is 0 Å². The normalized spacial score (nSPS) is 14.8. The van der Waals surface area contributed by atoms with Gasteiger partial charge in [-0.1, -0.05) is 30.3 Å². The fraction of sp³-hybridized carbons (Fsp3) is 0.222. The summed E-state index contributed by atoms with van der Waals surface area (Å²) in [6.45, 7) is -0.235. The minimum absolute atomic E-state index is 0.235. The Hall–Kier alpha value is -4.33. The summed E-state index contributed by atoms with van der Waals surface area (Å²) < 4.78 is 21.9. The molecule has 0 aliphatic carbocycles. The first-order valence-corrected chi connectivity index (χ1v) is 11.0. The van der Waals surface area contributed by atoms with Gasteiger partial charge in [0.15, 0.2) is 18.1 Å². The summed E-state index contributed by atoms with van der Waals surface area (Å²) in [5.74, 6) is 1.98. The molecule has 1 aliphatic rings. The predicted molar refractivity (Wildman–Crippen MR) is 131 cm³/mol. The molecule has 3 aromatic rings. The zero-order chi connectivity index (χ0) is 24.8. The molecule has 0 aromatic heterocycles. The molecule has 1 heterocycles. The van der Waals surface area contributed by atoms with Gasteiger partial charge in [0.05, 0.1) is 33.1 Å². The first kappa shape index (κ1) is 23.8. The molecule has 0 saturated carbocycles. The molecule has 1 aliphatic heterocycles. The fourth-order valence-electron chi connectivity index (χ4n) is 3.93. The van der Waals surface area contributed by atoms with Crippen molar-refractivity contribution in [2.75, 3.05) is 27.9 Å². The summed E-state index contributed by atoms with van der Waals surface area (Å²) in [6, 6.07) is 19.4. The van der Waals surface area contributed by atoms with Gasteiger partial charge in [0, 0.05) is 17.5 Å². The zero-order valence-corrected chi connectivity index (χ0v) is 19.8. The average molecular weight is 475 g/mol. The van der Waals surface area contributed by atoms with Crippen molar-refractivity contribution >= 4 is 17.9 Å². The van der Waals surface area contributed by atoms with Gasteiger partial charge in [0.2, 0.25) is 0 Å². The standard InChI is InChI=1S/C27H26N2O6/c1-32-21-8-5-7-19(13-21)23-15-24(20-10-11-25(33-2)26(14-20)34-3)29(28-23)27(31)17-35-22-9-4-6-18(12-22)16-30/h4-14,16,24H,15,17H2,1-3H3. The lowest BCUT2D eigenvalue weighted by Crippen LogP contribution is -2.31. The third-order valence-corrected chi connectivity index (χ3v) is 5.72. The molecule has 0 spiro atoms. The first-order valence-electron chi connectivity index (χ1n) is 11.0. The van der Waals surface area contributed by atoms with E-state index in [1.165, 1.54) is 5.01 Å². The number of ether oxygens (including phenoxy) is 4. The number of hydrogen-bond acceptors (Lipinski definition) is 7. The van der Waals surface area contributed by atoms with Crippen molar-refractivity contribution in [3.05, 3.63) is 83.4 Å². The topological polar surface area (TPSA) is 86.7 Å². The third kappa shape index (κ3) is 5.27. The molecule has 1 atom stereocenters. The molecule has 0 saturated heterocycles. The molecule has 0 fully saturated rings. The number of rotatable bonds is 9. The number of nitrogens with zero attached hydrogens (tertiary/aromatic N) is 2. The highest BCUT2D eigenvalue weighted by molar-refractivity contribution is 6.03. The van der Waals surface area contributed by atoms with Crippen LogP contribution in [0.2, 0.25) is 0 Å². The number of hydrazone groups is 1. The minimum Gasteiger partial charge on any atom is -0.497 e. The number of methoxy groups -OCH3 is 3. The lowest BCUT2D eigenvalue weighted by Gasteiger charge is -2.23. The first-order chi connectivity index (χ1) is 17.1. The van der Waals surface area contributed by atoms with Gasteiger partial charge < -0.3 is 18.9 Å². The molecular formula is C27H26N2O6.